The summed E-state index contributed by atoms with van der Waals surface area (Å²) in [6.07, 6.45) is 2.89. The monoisotopic (exact) mass is 212 g/mol. The fourth-order valence-corrected chi connectivity index (χ4v) is 1.60. The Hall–Kier alpha value is -1.83. The van der Waals surface area contributed by atoms with Gasteiger partial charge in [0.15, 0.2) is 0 Å². The molecule has 0 bridgehead atoms. The van der Waals surface area contributed by atoms with E-state index in [0.29, 0.717) is 0 Å². The topological polar surface area (TPSA) is 24.9 Å². The fraction of sp³-hybridized carbons (Fsp3) is 0.214. The molecular weight excluding hydrogens is 196 g/mol. The van der Waals surface area contributed by atoms with Crippen LogP contribution in [-0.4, -0.2) is 4.98 Å². The SMILES string of the molecule is CCc1cccc(NCc2ccccn2)c1. The first-order chi connectivity index (χ1) is 7.88. The number of anilines is 1. The molecule has 0 radical (unpaired) electrons. The number of aryl methyl sites for hydroxylation is 1. The quantitative estimate of drug-likeness (QED) is 0.841. The van der Waals surface area contributed by atoms with E-state index in [0.717, 1.165) is 24.3 Å². The summed E-state index contributed by atoms with van der Waals surface area (Å²) < 4.78 is 0. The first kappa shape index (κ1) is 10.7. The van der Waals surface area contributed by atoms with Crippen molar-refractivity contribution in [1.82, 2.24) is 4.98 Å². The predicted octanol–water partition coefficient (Wildman–Crippen LogP) is 3.26. The van der Waals surface area contributed by atoms with Gasteiger partial charge in [-0.05, 0) is 36.2 Å². The molecule has 0 amide bonds. The Morgan fingerprint density at radius 1 is 1.12 bits per heavy atom. The molecule has 0 saturated heterocycles. The van der Waals surface area contributed by atoms with Crippen LogP contribution in [0.15, 0.2) is 48.7 Å². The van der Waals surface area contributed by atoms with Gasteiger partial charge in [0, 0.05) is 11.9 Å². The Morgan fingerprint density at radius 3 is 2.81 bits per heavy atom. The molecular formula is C14H16N2. The molecule has 1 aromatic heterocycles. The molecule has 1 aromatic carbocycles. The highest BCUT2D eigenvalue weighted by atomic mass is 14.9. The van der Waals surface area contributed by atoms with Crippen LogP contribution in [0.1, 0.15) is 18.2 Å². The van der Waals surface area contributed by atoms with Gasteiger partial charge in [-0.2, -0.15) is 0 Å². The Morgan fingerprint density at radius 2 is 2.06 bits per heavy atom. The third-order valence-electron chi connectivity index (χ3n) is 2.54. The van der Waals surface area contributed by atoms with Gasteiger partial charge in [-0.1, -0.05) is 25.1 Å². The molecule has 0 spiro atoms. The van der Waals surface area contributed by atoms with Gasteiger partial charge in [-0.15, -0.1) is 0 Å². The number of rotatable bonds is 4. The van der Waals surface area contributed by atoms with Gasteiger partial charge in [0.25, 0.3) is 0 Å². The molecule has 16 heavy (non-hydrogen) atoms. The minimum absolute atomic E-state index is 0.772. The Bertz CT molecular complexity index is 437. The Kier molecular flexibility index (Phi) is 3.54. The average molecular weight is 212 g/mol. The lowest BCUT2D eigenvalue weighted by molar-refractivity contribution is 1.04. The van der Waals surface area contributed by atoms with E-state index >= 15 is 0 Å². The van der Waals surface area contributed by atoms with E-state index in [9.17, 15) is 0 Å². The molecule has 2 aromatic rings. The van der Waals surface area contributed by atoms with Gasteiger partial charge in [-0.3, -0.25) is 4.98 Å². The van der Waals surface area contributed by atoms with Crippen LogP contribution in [-0.2, 0) is 13.0 Å². The van der Waals surface area contributed by atoms with Crippen molar-refractivity contribution in [2.75, 3.05) is 5.32 Å². The molecule has 0 aliphatic heterocycles. The van der Waals surface area contributed by atoms with E-state index < -0.39 is 0 Å². The summed E-state index contributed by atoms with van der Waals surface area (Å²) in [6.45, 7) is 2.94. The highest BCUT2D eigenvalue weighted by Gasteiger charge is 1.95. The Balaban J connectivity index is 1.99. The van der Waals surface area contributed by atoms with Crippen molar-refractivity contribution < 1.29 is 0 Å². The number of aromatic nitrogens is 1. The molecule has 82 valence electrons. The zero-order valence-electron chi connectivity index (χ0n) is 9.48. The first-order valence-electron chi connectivity index (χ1n) is 5.61. The van der Waals surface area contributed by atoms with E-state index in [1.165, 1.54) is 5.56 Å². The Labute approximate surface area is 96.4 Å². The number of pyridine rings is 1. The molecule has 2 nitrogen and oxygen atoms in total. The first-order valence-corrected chi connectivity index (χ1v) is 5.61. The molecule has 1 heterocycles. The van der Waals surface area contributed by atoms with Crippen LogP contribution in [0.25, 0.3) is 0 Å². The number of hydrogen-bond acceptors (Lipinski definition) is 2. The smallest absolute Gasteiger partial charge is 0.0594 e. The summed E-state index contributed by atoms with van der Waals surface area (Å²) in [6, 6.07) is 14.5. The highest BCUT2D eigenvalue weighted by molar-refractivity contribution is 5.45. The maximum absolute atomic E-state index is 4.27. The minimum Gasteiger partial charge on any atom is -0.379 e. The summed E-state index contributed by atoms with van der Waals surface area (Å²) in [4.78, 5) is 4.27. The van der Waals surface area contributed by atoms with Crippen molar-refractivity contribution in [1.29, 1.82) is 0 Å². The van der Waals surface area contributed by atoms with Crippen LogP contribution in [0.5, 0.6) is 0 Å². The zero-order valence-corrected chi connectivity index (χ0v) is 9.48. The largest absolute Gasteiger partial charge is 0.379 e. The third-order valence-corrected chi connectivity index (χ3v) is 2.54. The van der Waals surface area contributed by atoms with Crippen LogP contribution in [0.2, 0.25) is 0 Å². The summed E-state index contributed by atoms with van der Waals surface area (Å²) >= 11 is 0. The maximum atomic E-state index is 4.27. The van der Waals surface area contributed by atoms with E-state index in [2.05, 4.69) is 41.5 Å². The molecule has 1 N–H and O–H groups in total. The molecule has 0 fully saturated rings. The van der Waals surface area contributed by atoms with Crippen LogP contribution < -0.4 is 5.32 Å². The molecule has 2 heteroatoms. The van der Waals surface area contributed by atoms with Crippen LogP contribution >= 0.6 is 0 Å². The van der Waals surface area contributed by atoms with Crippen LogP contribution in [0.4, 0.5) is 5.69 Å². The maximum Gasteiger partial charge on any atom is 0.0594 e. The minimum atomic E-state index is 0.772. The van der Waals surface area contributed by atoms with E-state index in [-0.39, 0.29) is 0 Å². The van der Waals surface area contributed by atoms with Crippen molar-refractivity contribution in [2.24, 2.45) is 0 Å². The van der Waals surface area contributed by atoms with Gasteiger partial charge in [0.1, 0.15) is 0 Å². The van der Waals surface area contributed by atoms with Crippen molar-refractivity contribution in [3.05, 3.63) is 59.9 Å². The molecule has 0 aliphatic rings. The number of hydrogen-bond donors (Lipinski definition) is 1. The number of benzene rings is 1. The summed E-state index contributed by atoms with van der Waals surface area (Å²) in [5, 5.41) is 3.37. The summed E-state index contributed by atoms with van der Waals surface area (Å²) in [7, 11) is 0. The molecule has 0 saturated carbocycles. The lowest BCUT2D eigenvalue weighted by Crippen LogP contribution is -2.01. The van der Waals surface area contributed by atoms with Crippen molar-refractivity contribution in [2.45, 2.75) is 19.9 Å². The molecule has 0 atom stereocenters. The van der Waals surface area contributed by atoms with E-state index in [1.807, 2.05) is 24.4 Å². The van der Waals surface area contributed by atoms with E-state index in [1.54, 1.807) is 0 Å². The normalized spacial score (nSPS) is 10.1. The average Bonchev–Trinajstić information content (AvgIpc) is 2.38. The number of nitrogens with one attached hydrogen (secondary N) is 1. The van der Waals surface area contributed by atoms with E-state index in [4.69, 9.17) is 0 Å². The molecule has 0 aliphatic carbocycles. The van der Waals surface area contributed by atoms with Crippen molar-refractivity contribution >= 4 is 5.69 Å². The van der Waals surface area contributed by atoms with Gasteiger partial charge in [0.05, 0.1) is 12.2 Å². The van der Waals surface area contributed by atoms with Gasteiger partial charge in [0.2, 0.25) is 0 Å². The van der Waals surface area contributed by atoms with Gasteiger partial charge < -0.3 is 5.32 Å². The lowest BCUT2D eigenvalue weighted by Gasteiger charge is -2.07. The second kappa shape index (κ2) is 5.31. The lowest BCUT2D eigenvalue weighted by atomic mass is 10.1. The number of nitrogens with zero attached hydrogens (tertiary/aromatic N) is 1. The van der Waals surface area contributed by atoms with Gasteiger partial charge in [-0.25, -0.2) is 0 Å². The summed E-state index contributed by atoms with van der Waals surface area (Å²) in [5.41, 5.74) is 3.57. The standard InChI is InChI=1S/C14H16N2/c1-2-12-6-5-8-13(10-12)16-11-14-7-3-4-9-15-14/h3-10,16H,2,11H2,1H3. The van der Waals surface area contributed by atoms with Crippen molar-refractivity contribution in [3.63, 3.8) is 0 Å². The second-order valence-electron chi connectivity index (χ2n) is 3.73. The predicted molar refractivity (Wildman–Crippen MR) is 67.4 cm³/mol. The van der Waals surface area contributed by atoms with Crippen LogP contribution in [0.3, 0.4) is 0 Å². The highest BCUT2D eigenvalue weighted by Crippen LogP contribution is 2.11. The molecule has 2 rings (SSSR count). The molecule has 0 unspecified atom stereocenters. The van der Waals surface area contributed by atoms with Crippen LogP contribution in [0, 0.1) is 0 Å². The third kappa shape index (κ3) is 2.83. The van der Waals surface area contributed by atoms with Crippen molar-refractivity contribution in [3.8, 4) is 0 Å². The van der Waals surface area contributed by atoms with Gasteiger partial charge >= 0.3 is 0 Å². The summed E-state index contributed by atoms with van der Waals surface area (Å²) in [5.74, 6) is 0. The zero-order chi connectivity index (χ0) is 11.2. The fourth-order valence-electron chi connectivity index (χ4n) is 1.60. The second-order valence-corrected chi connectivity index (χ2v) is 3.73.